The summed E-state index contributed by atoms with van der Waals surface area (Å²) in [4.78, 5) is 0. The van der Waals surface area contributed by atoms with E-state index in [2.05, 4.69) is 22.9 Å². The van der Waals surface area contributed by atoms with Gasteiger partial charge in [-0.05, 0) is 24.3 Å². The Morgan fingerprint density at radius 2 is 1.04 bits per heavy atom. The fourth-order valence-electron chi connectivity index (χ4n) is 2.11. The Hall–Kier alpha value is -2.38. The normalized spacial score (nSPS) is 10.4. The fraction of sp³-hybridized carbons (Fsp3) is 0.273. The number of hydrogen-bond donors (Lipinski definition) is 0. The summed E-state index contributed by atoms with van der Waals surface area (Å²) in [6.07, 6.45) is 0. The molecule has 0 N–H and O–H groups in total. The van der Waals surface area contributed by atoms with Gasteiger partial charge in [0.05, 0.1) is 26.4 Å². The van der Waals surface area contributed by atoms with Crippen molar-refractivity contribution in [2.24, 2.45) is 0 Å². The third-order valence-electron chi connectivity index (χ3n) is 3.48. The third kappa shape index (κ3) is 7.80. The molecule has 0 spiro atoms. The van der Waals surface area contributed by atoms with E-state index in [1.54, 1.807) is 14.2 Å². The van der Waals surface area contributed by atoms with E-state index in [-0.39, 0.29) is 0 Å². The van der Waals surface area contributed by atoms with Crippen LogP contribution < -0.4 is 0 Å². The van der Waals surface area contributed by atoms with Crippen LogP contribution in [-0.4, -0.2) is 49.2 Å². The van der Waals surface area contributed by atoms with E-state index in [0.29, 0.717) is 26.4 Å². The smallest absolute Gasteiger partial charge is 0.382 e. The van der Waals surface area contributed by atoms with Gasteiger partial charge in [-0.1, -0.05) is 59.3 Å². The standard InChI is InChI=1S/C22H24O4Si/c1-23-15-17-25-27(26-18-16-24-2,19-13-21-9-5-3-6-10-21)20-14-22-11-7-4-8-12-22/h3-12H,15-18H2,1-2H3. The molecule has 0 saturated carbocycles. The molecule has 0 aliphatic carbocycles. The summed E-state index contributed by atoms with van der Waals surface area (Å²) < 4.78 is 22.3. The van der Waals surface area contributed by atoms with Crippen LogP contribution in [0.5, 0.6) is 0 Å². The Labute approximate surface area is 162 Å². The van der Waals surface area contributed by atoms with E-state index < -0.39 is 8.56 Å². The first-order valence-electron chi connectivity index (χ1n) is 8.70. The van der Waals surface area contributed by atoms with E-state index in [4.69, 9.17) is 18.3 Å². The second-order valence-corrected chi connectivity index (χ2v) is 7.84. The molecule has 0 heterocycles. The van der Waals surface area contributed by atoms with Gasteiger partial charge >= 0.3 is 8.56 Å². The molecule has 0 amide bonds. The molecule has 140 valence electrons. The summed E-state index contributed by atoms with van der Waals surface area (Å²) in [6, 6.07) is 19.5. The molecule has 0 saturated heterocycles. The quantitative estimate of drug-likeness (QED) is 0.401. The lowest BCUT2D eigenvalue weighted by molar-refractivity contribution is 0.0978. The highest BCUT2D eigenvalue weighted by Crippen LogP contribution is 2.08. The molecule has 0 unspecified atom stereocenters. The Kier molecular flexibility index (Phi) is 9.37. The number of rotatable bonds is 8. The molecule has 2 aromatic carbocycles. The summed E-state index contributed by atoms with van der Waals surface area (Å²) in [7, 11) is 0.139. The first-order valence-corrected chi connectivity index (χ1v) is 10.5. The van der Waals surface area contributed by atoms with Crippen molar-refractivity contribution in [1.29, 1.82) is 0 Å². The number of hydrogen-bond acceptors (Lipinski definition) is 4. The first kappa shape index (κ1) is 20.9. The monoisotopic (exact) mass is 380 g/mol. The van der Waals surface area contributed by atoms with Crippen molar-refractivity contribution in [3.8, 4) is 22.9 Å². The van der Waals surface area contributed by atoms with E-state index in [9.17, 15) is 0 Å². The van der Waals surface area contributed by atoms with Gasteiger partial charge in [-0.2, -0.15) is 0 Å². The van der Waals surface area contributed by atoms with Crippen LogP contribution in [-0.2, 0) is 18.3 Å². The van der Waals surface area contributed by atoms with Crippen LogP contribution in [0.1, 0.15) is 11.1 Å². The summed E-state index contributed by atoms with van der Waals surface area (Å²) in [5.74, 6) is 6.31. The van der Waals surface area contributed by atoms with Crippen LogP contribution in [0.25, 0.3) is 0 Å². The van der Waals surface area contributed by atoms with E-state index in [1.807, 2.05) is 60.7 Å². The minimum Gasteiger partial charge on any atom is -0.382 e. The zero-order valence-electron chi connectivity index (χ0n) is 15.7. The molecule has 0 aromatic heterocycles. The maximum Gasteiger partial charge on any atom is 0.511 e. The van der Waals surface area contributed by atoms with Crippen molar-refractivity contribution in [3.63, 3.8) is 0 Å². The van der Waals surface area contributed by atoms with E-state index >= 15 is 0 Å². The van der Waals surface area contributed by atoms with Gasteiger partial charge in [0.1, 0.15) is 0 Å². The predicted octanol–water partition coefficient (Wildman–Crippen LogP) is 2.94. The summed E-state index contributed by atoms with van der Waals surface area (Å²) >= 11 is 0. The van der Waals surface area contributed by atoms with Crippen LogP contribution in [0.3, 0.4) is 0 Å². The summed E-state index contributed by atoms with van der Waals surface area (Å²) in [6.45, 7) is 1.62. The van der Waals surface area contributed by atoms with Crippen LogP contribution >= 0.6 is 0 Å². The van der Waals surface area contributed by atoms with Gasteiger partial charge < -0.3 is 18.3 Å². The third-order valence-corrected chi connectivity index (χ3v) is 5.61. The molecular formula is C22H24O4Si. The maximum absolute atomic E-state index is 6.05. The molecule has 5 heteroatoms. The summed E-state index contributed by atoms with van der Waals surface area (Å²) in [5.41, 5.74) is 8.18. The molecule has 0 atom stereocenters. The number of benzene rings is 2. The lowest BCUT2D eigenvalue weighted by Crippen LogP contribution is -2.42. The van der Waals surface area contributed by atoms with E-state index in [0.717, 1.165) is 11.1 Å². The van der Waals surface area contributed by atoms with Gasteiger partial charge in [0.15, 0.2) is 0 Å². The van der Waals surface area contributed by atoms with Crippen LogP contribution in [0.2, 0.25) is 0 Å². The molecule has 2 aromatic rings. The molecule has 2 rings (SSSR count). The lowest BCUT2D eigenvalue weighted by Gasteiger charge is -2.20. The zero-order chi connectivity index (χ0) is 19.2. The van der Waals surface area contributed by atoms with Crippen molar-refractivity contribution < 1.29 is 18.3 Å². The minimum atomic E-state index is -3.12. The Morgan fingerprint density at radius 3 is 1.41 bits per heavy atom. The van der Waals surface area contributed by atoms with Gasteiger partial charge in [-0.25, -0.2) is 0 Å². The highest BCUT2D eigenvalue weighted by molar-refractivity contribution is 6.83. The number of ether oxygens (including phenoxy) is 2. The van der Waals surface area contributed by atoms with E-state index in [1.165, 1.54) is 0 Å². The van der Waals surface area contributed by atoms with Crippen LogP contribution in [0.4, 0.5) is 0 Å². The number of methoxy groups -OCH3 is 2. The predicted molar refractivity (Wildman–Crippen MR) is 108 cm³/mol. The van der Waals surface area contributed by atoms with Gasteiger partial charge in [0.25, 0.3) is 0 Å². The summed E-state index contributed by atoms with van der Waals surface area (Å²) in [5, 5.41) is 0. The highest BCUT2D eigenvalue weighted by atomic mass is 28.4. The van der Waals surface area contributed by atoms with Crippen molar-refractivity contribution in [2.45, 2.75) is 0 Å². The largest absolute Gasteiger partial charge is 0.511 e. The average molecular weight is 381 g/mol. The van der Waals surface area contributed by atoms with Crippen molar-refractivity contribution in [2.75, 3.05) is 40.6 Å². The molecule has 0 bridgehead atoms. The van der Waals surface area contributed by atoms with Crippen LogP contribution in [0, 0.1) is 22.9 Å². The van der Waals surface area contributed by atoms with Gasteiger partial charge in [0.2, 0.25) is 0 Å². The second kappa shape index (κ2) is 12.1. The zero-order valence-corrected chi connectivity index (χ0v) is 16.7. The second-order valence-electron chi connectivity index (χ2n) is 5.53. The average Bonchev–Trinajstić information content (AvgIpc) is 2.72. The van der Waals surface area contributed by atoms with Crippen molar-refractivity contribution in [3.05, 3.63) is 71.8 Å². The molecule has 0 fully saturated rings. The van der Waals surface area contributed by atoms with Gasteiger partial charge in [-0.3, -0.25) is 0 Å². The first-order chi connectivity index (χ1) is 13.3. The Bertz CT molecular complexity index is 716. The molecule has 4 nitrogen and oxygen atoms in total. The minimum absolute atomic E-state index is 0.364. The fourth-order valence-corrected chi connectivity index (χ4v) is 3.90. The molecule has 0 aliphatic heterocycles. The topological polar surface area (TPSA) is 36.9 Å². The molecule has 0 aliphatic rings. The Morgan fingerprint density at radius 1 is 0.630 bits per heavy atom. The Balaban J connectivity index is 2.34. The van der Waals surface area contributed by atoms with Crippen molar-refractivity contribution >= 4 is 8.56 Å². The van der Waals surface area contributed by atoms with Crippen LogP contribution in [0.15, 0.2) is 60.7 Å². The van der Waals surface area contributed by atoms with Gasteiger partial charge in [-0.15, -0.1) is 0 Å². The lowest BCUT2D eigenvalue weighted by atomic mass is 10.2. The molecular weight excluding hydrogens is 356 g/mol. The SMILES string of the molecule is COCCO[Si](C#Cc1ccccc1)(C#Cc1ccccc1)OCCOC. The van der Waals surface area contributed by atoms with Crippen molar-refractivity contribution in [1.82, 2.24) is 0 Å². The maximum atomic E-state index is 6.05. The molecule has 27 heavy (non-hydrogen) atoms. The molecule has 0 radical (unpaired) electrons. The highest BCUT2D eigenvalue weighted by Gasteiger charge is 2.35. The van der Waals surface area contributed by atoms with Gasteiger partial charge in [0, 0.05) is 25.3 Å².